The van der Waals surface area contributed by atoms with Gasteiger partial charge in [-0.1, -0.05) is 12.1 Å². The molecule has 2 saturated heterocycles. The van der Waals surface area contributed by atoms with E-state index in [-0.39, 0.29) is 17.8 Å². The SMILES string of the molecule is O=C1C2C[C@H](CN2)N1Cc1cccc(F)c1. The van der Waals surface area contributed by atoms with E-state index in [0.717, 1.165) is 18.5 Å². The summed E-state index contributed by atoms with van der Waals surface area (Å²) >= 11 is 0. The third-order valence-electron chi connectivity index (χ3n) is 3.37. The Hall–Kier alpha value is -1.42. The van der Waals surface area contributed by atoms with Gasteiger partial charge in [-0.05, 0) is 24.1 Å². The minimum absolute atomic E-state index is 0.00133. The fourth-order valence-corrected chi connectivity index (χ4v) is 2.56. The maximum absolute atomic E-state index is 13.0. The minimum atomic E-state index is -0.243. The molecule has 2 heterocycles. The van der Waals surface area contributed by atoms with E-state index in [1.807, 2.05) is 11.0 Å². The van der Waals surface area contributed by atoms with Crippen LogP contribution in [0.2, 0.25) is 0 Å². The van der Waals surface area contributed by atoms with Gasteiger partial charge in [0.25, 0.3) is 0 Å². The molecule has 2 atom stereocenters. The van der Waals surface area contributed by atoms with Crippen molar-refractivity contribution in [2.75, 3.05) is 6.54 Å². The highest BCUT2D eigenvalue weighted by Crippen LogP contribution is 2.26. The first-order valence-corrected chi connectivity index (χ1v) is 5.52. The van der Waals surface area contributed by atoms with Crippen molar-refractivity contribution >= 4 is 5.91 Å². The molecule has 1 N–H and O–H groups in total. The lowest BCUT2D eigenvalue weighted by atomic mass is 10.2. The van der Waals surface area contributed by atoms with Crippen molar-refractivity contribution in [3.05, 3.63) is 35.6 Å². The molecule has 1 amide bonds. The smallest absolute Gasteiger partial charge is 0.240 e. The van der Waals surface area contributed by atoms with E-state index < -0.39 is 0 Å². The van der Waals surface area contributed by atoms with Crippen molar-refractivity contribution < 1.29 is 9.18 Å². The third-order valence-corrected chi connectivity index (χ3v) is 3.37. The van der Waals surface area contributed by atoms with Crippen LogP contribution in [-0.4, -0.2) is 29.4 Å². The number of halogens is 1. The summed E-state index contributed by atoms with van der Waals surface area (Å²) in [5.41, 5.74) is 0.862. The molecule has 4 heteroatoms. The number of hydrogen-bond acceptors (Lipinski definition) is 2. The van der Waals surface area contributed by atoms with Gasteiger partial charge in [-0.25, -0.2) is 4.39 Å². The predicted octanol–water partition coefficient (Wildman–Crippen LogP) is 0.898. The number of hydrogen-bond donors (Lipinski definition) is 1. The second-order valence-electron chi connectivity index (χ2n) is 4.45. The van der Waals surface area contributed by atoms with E-state index in [4.69, 9.17) is 0 Å². The van der Waals surface area contributed by atoms with Gasteiger partial charge in [0, 0.05) is 19.1 Å². The molecule has 0 aliphatic carbocycles. The molecule has 3 rings (SSSR count). The molecule has 3 nitrogen and oxygen atoms in total. The first kappa shape index (κ1) is 9.78. The number of likely N-dealkylation sites (tertiary alicyclic amines) is 1. The summed E-state index contributed by atoms with van der Waals surface area (Å²) in [6.45, 7) is 1.39. The number of rotatable bonds is 2. The van der Waals surface area contributed by atoms with Gasteiger partial charge in [-0.3, -0.25) is 4.79 Å². The molecular weight excluding hydrogens is 207 g/mol. The zero-order valence-corrected chi connectivity index (χ0v) is 8.82. The van der Waals surface area contributed by atoms with Crippen molar-refractivity contribution in [1.82, 2.24) is 10.2 Å². The number of nitrogens with one attached hydrogen (secondary N) is 1. The molecule has 0 radical (unpaired) electrons. The molecule has 1 aromatic rings. The van der Waals surface area contributed by atoms with Crippen molar-refractivity contribution in [2.45, 2.75) is 25.0 Å². The monoisotopic (exact) mass is 220 g/mol. The zero-order chi connectivity index (χ0) is 11.1. The molecule has 16 heavy (non-hydrogen) atoms. The fraction of sp³-hybridized carbons (Fsp3) is 0.417. The number of amides is 1. The summed E-state index contributed by atoms with van der Waals surface area (Å²) in [4.78, 5) is 13.7. The lowest BCUT2D eigenvalue weighted by Crippen LogP contribution is -2.47. The van der Waals surface area contributed by atoms with Crippen LogP contribution in [0.15, 0.2) is 24.3 Å². The number of benzene rings is 1. The quantitative estimate of drug-likeness (QED) is 0.803. The minimum Gasteiger partial charge on any atom is -0.333 e. The molecular formula is C12H13FN2O. The summed E-state index contributed by atoms with van der Waals surface area (Å²) in [6.07, 6.45) is 0.897. The molecule has 0 spiro atoms. The number of piperazine rings is 1. The van der Waals surface area contributed by atoms with Crippen LogP contribution >= 0.6 is 0 Å². The van der Waals surface area contributed by atoms with Gasteiger partial charge in [0.2, 0.25) is 5.91 Å². The first-order chi connectivity index (χ1) is 7.74. The maximum atomic E-state index is 13.0. The summed E-state index contributed by atoms with van der Waals surface area (Å²) < 4.78 is 13.0. The average molecular weight is 220 g/mol. The highest BCUT2D eigenvalue weighted by atomic mass is 19.1. The van der Waals surface area contributed by atoms with Crippen LogP contribution in [0.1, 0.15) is 12.0 Å². The predicted molar refractivity (Wildman–Crippen MR) is 57.1 cm³/mol. The average Bonchev–Trinajstić information content (AvgIpc) is 2.82. The van der Waals surface area contributed by atoms with Gasteiger partial charge in [0.05, 0.1) is 6.04 Å². The van der Waals surface area contributed by atoms with Gasteiger partial charge in [0.1, 0.15) is 5.82 Å². The van der Waals surface area contributed by atoms with Gasteiger partial charge in [-0.2, -0.15) is 0 Å². The molecule has 84 valence electrons. The Morgan fingerprint density at radius 3 is 3.06 bits per heavy atom. The number of nitrogens with zero attached hydrogens (tertiary/aromatic N) is 1. The normalized spacial score (nSPS) is 27.8. The third kappa shape index (κ3) is 1.50. The van der Waals surface area contributed by atoms with Crippen molar-refractivity contribution in [3.8, 4) is 0 Å². The Morgan fingerprint density at radius 1 is 1.50 bits per heavy atom. The van der Waals surface area contributed by atoms with Gasteiger partial charge < -0.3 is 10.2 Å². The van der Waals surface area contributed by atoms with Crippen LogP contribution in [0.5, 0.6) is 0 Å². The first-order valence-electron chi connectivity index (χ1n) is 5.52. The van der Waals surface area contributed by atoms with Gasteiger partial charge >= 0.3 is 0 Å². The molecule has 0 saturated carbocycles. The molecule has 0 aromatic heterocycles. The Kier molecular flexibility index (Phi) is 2.17. The van der Waals surface area contributed by atoms with Crippen LogP contribution < -0.4 is 5.32 Å². The van der Waals surface area contributed by atoms with E-state index in [1.54, 1.807) is 6.07 Å². The summed E-state index contributed by atoms with van der Waals surface area (Å²) in [5.74, 6) is -0.0899. The largest absolute Gasteiger partial charge is 0.333 e. The zero-order valence-electron chi connectivity index (χ0n) is 8.82. The van der Waals surface area contributed by atoms with Crippen molar-refractivity contribution in [3.63, 3.8) is 0 Å². The Bertz CT molecular complexity index is 435. The van der Waals surface area contributed by atoms with Crippen LogP contribution in [0.25, 0.3) is 0 Å². The lowest BCUT2D eigenvalue weighted by molar-refractivity contribution is -0.132. The highest BCUT2D eigenvalue weighted by Gasteiger charge is 2.44. The standard InChI is InChI=1S/C12H13FN2O/c13-9-3-1-2-8(4-9)7-15-10-5-11(12(15)16)14-6-10/h1-4,10-11,14H,5-7H2/t10-,11?/m1/s1. The summed E-state index contributed by atoms with van der Waals surface area (Å²) in [6, 6.07) is 6.74. The molecule has 1 unspecified atom stereocenters. The van der Waals surface area contributed by atoms with Crippen molar-refractivity contribution in [2.24, 2.45) is 0 Å². The number of carbonyl (C=O) groups excluding carboxylic acids is 1. The van der Waals surface area contributed by atoms with Gasteiger partial charge in [0.15, 0.2) is 0 Å². The summed E-state index contributed by atoms with van der Waals surface area (Å²) in [7, 11) is 0. The second kappa shape index (κ2) is 3.56. The molecule has 1 aromatic carbocycles. The second-order valence-corrected chi connectivity index (χ2v) is 4.45. The van der Waals surface area contributed by atoms with Gasteiger partial charge in [-0.15, -0.1) is 0 Å². The van der Waals surface area contributed by atoms with Crippen molar-refractivity contribution in [1.29, 1.82) is 0 Å². The highest BCUT2D eigenvalue weighted by molar-refractivity contribution is 5.85. The van der Waals surface area contributed by atoms with E-state index in [2.05, 4.69) is 5.32 Å². The Balaban J connectivity index is 1.78. The number of fused-ring (bicyclic) bond motifs is 2. The lowest BCUT2D eigenvalue weighted by Gasteiger charge is -2.27. The van der Waals surface area contributed by atoms with E-state index in [1.165, 1.54) is 12.1 Å². The van der Waals surface area contributed by atoms with Crippen LogP contribution in [-0.2, 0) is 11.3 Å². The van der Waals surface area contributed by atoms with E-state index in [9.17, 15) is 9.18 Å². The Labute approximate surface area is 93.2 Å². The molecule has 2 aliphatic heterocycles. The maximum Gasteiger partial charge on any atom is 0.240 e. The molecule has 2 fully saturated rings. The number of carbonyl (C=O) groups is 1. The van der Waals surface area contributed by atoms with Crippen LogP contribution in [0, 0.1) is 5.82 Å². The van der Waals surface area contributed by atoms with Crippen LogP contribution in [0.3, 0.4) is 0 Å². The molecule has 2 bridgehead atoms. The van der Waals surface area contributed by atoms with E-state index >= 15 is 0 Å². The Morgan fingerprint density at radius 2 is 2.38 bits per heavy atom. The van der Waals surface area contributed by atoms with Crippen LogP contribution in [0.4, 0.5) is 4.39 Å². The molecule has 2 aliphatic rings. The van der Waals surface area contributed by atoms with E-state index in [0.29, 0.717) is 12.6 Å². The fourth-order valence-electron chi connectivity index (χ4n) is 2.56. The topological polar surface area (TPSA) is 32.3 Å². The summed E-state index contributed by atoms with van der Waals surface area (Å²) in [5, 5.41) is 3.17.